The Morgan fingerprint density at radius 1 is 1.04 bits per heavy atom. The van der Waals surface area contributed by atoms with Gasteiger partial charge < -0.3 is 10.6 Å². The molecule has 3 rings (SSSR count). The van der Waals surface area contributed by atoms with Crippen LogP contribution in [0.25, 0.3) is 0 Å². The van der Waals surface area contributed by atoms with Crippen molar-refractivity contribution in [2.24, 2.45) is 5.92 Å². The first-order valence-corrected chi connectivity index (χ1v) is 10.0. The van der Waals surface area contributed by atoms with Gasteiger partial charge in [0.05, 0.1) is 13.1 Å². The second-order valence-electron chi connectivity index (χ2n) is 8.04. The van der Waals surface area contributed by atoms with Crippen LogP contribution in [0.15, 0.2) is 18.2 Å². The maximum absolute atomic E-state index is 12.4. The van der Waals surface area contributed by atoms with E-state index in [4.69, 9.17) is 0 Å². The molecule has 2 aliphatic rings. The molecule has 1 saturated heterocycles. The van der Waals surface area contributed by atoms with E-state index in [0.717, 1.165) is 37.4 Å². The van der Waals surface area contributed by atoms with Gasteiger partial charge in [0.25, 0.3) is 0 Å². The molecule has 0 spiro atoms. The van der Waals surface area contributed by atoms with Gasteiger partial charge in [-0.2, -0.15) is 0 Å². The van der Waals surface area contributed by atoms with E-state index in [1.807, 2.05) is 32.0 Å². The number of anilines is 1. The fourth-order valence-electron chi connectivity index (χ4n) is 3.60. The first-order chi connectivity index (χ1) is 12.9. The van der Waals surface area contributed by atoms with Gasteiger partial charge in [-0.15, -0.1) is 0 Å². The van der Waals surface area contributed by atoms with Crippen molar-refractivity contribution in [1.29, 1.82) is 0 Å². The summed E-state index contributed by atoms with van der Waals surface area (Å²) in [5, 5.41) is 6.13. The largest absolute Gasteiger partial charge is 0.352 e. The fourth-order valence-corrected chi connectivity index (χ4v) is 3.60. The van der Waals surface area contributed by atoms with Crippen molar-refractivity contribution in [3.05, 3.63) is 29.3 Å². The molecule has 2 amide bonds. The smallest absolute Gasteiger partial charge is 0.238 e. The topological polar surface area (TPSA) is 64.7 Å². The SMILES string of the molecule is Cc1cccc(NC(=O)CN2CCN(CC(=O)N[C@H](C)C3CC3)CC2)c1C. The number of carbonyl (C=O) groups is 2. The Balaban J connectivity index is 1.38. The Labute approximate surface area is 162 Å². The number of hydrogen-bond acceptors (Lipinski definition) is 4. The summed E-state index contributed by atoms with van der Waals surface area (Å²) in [4.78, 5) is 28.8. The van der Waals surface area contributed by atoms with Crippen molar-refractivity contribution in [2.75, 3.05) is 44.6 Å². The number of hydrogen-bond donors (Lipinski definition) is 2. The molecule has 1 aliphatic heterocycles. The number of nitrogens with zero attached hydrogens (tertiary/aromatic N) is 2. The zero-order chi connectivity index (χ0) is 19.4. The van der Waals surface area contributed by atoms with Crippen molar-refractivity contribution in [1.82, 2.24) is 15.1 Å². The van der Waals surface area contributed by atoms with Crippen molar-refractivity contribution in [3.63, 3.8) is 0 Å². The lowest BCUT2D eigenvalue weighted by Gasteiger charge is -2.34. The summed E-state index contributed by atoms with van der Waals surface area (Å²) in [5.74, 6) is 0.824. The Hall–Kier alpha value is -1.92. The molecule has 0 aromatic heterocycles. The maximum Gasteiger partial charge on any atom is 0.238 e. The van der Waals surface area contributed by atoms with Crippen LogP contribution >= 0.6 is 0 Å². The van der Waals surface area contributed by atoms with Crippen LogP contribution in [0.1, 0.15) is 30.9 Å². The molecule has 1 heterocycles. The Morgan fingerprint density at radius 3 is 2.22 bits per heavy atom. The highest BCUT2D eigenvalue weighted by molar-refractivity contribution is 5.93. The van der Waals surface area contributed by atoms with E-state index in [1.165, 1.54) is 18.4 Å². The molecular weight excluding hydrogens is 340 g/mol. The van der Waals surface area contributed by atoms with Crippen LogP contribution < -0.4 is 10.6 Å². The minimum Gasteiger partial charge on any atom is -0.352 e. The van der Waals surface area contributed by atoms with Crippen LogP contribution in [0.5, 0.6) is 0 Å². The Kier molecular flexibility index (Phi) is 6.50. The van der Waals surface area contributed by atoms with E-state index in [0.29, 0.717) is 25.0 Å². The Bertz CT molecular complexity index is 679. The number of nitrogens with one attached hydrogen (secondary N) is 2. The maximum atomic E-state index is 12.4. The zero-order valence-electron chi connectivity index (χ0n) is 16.8. The fraction of sp³-hybridized carbons (Fsp3) is 0.619. The van der Waals surface area contributed by atoms with Gasteiger partial charge in [0, 0.05) is 37.9 Å². The molecule has 27 heavy (non-hydrogen) atoms. The van der Waals surface area contributed by atoms with Gasteiger partial charge in [-0.25, -0.2) is 0 Å². The number of benzene rings is 1. The Morgan fingerprint density at radius 2 is 1.63 bits per heavy atom. The molecule has 1 aromatic rings. The van der Waals surface area contributed by atoms with Crippen LogP contribution in [0, 0.1) is 19.8 Å². The van der Waals surface area contributed by atoms with Crippen LogP contribution in [0.4, 0.5) is 5.69 Å². The van der Waals surface area contributed by atoms with Crippen molar-refractivity contribution in [3.8, 4) is 0 Å². The molecule has 6 nitrogen and oxygen atoms in total. The molecule has 2 N–H and O–H groups in total. The molecular formula is C21H32N4O2. The van der Waals surface area contributed by atoms with E-state index in [9.17, 15) is 9.59 Å². The van der Waals surface area contributed by atoms with Gasteiger partial charge in [0.15, 0.2) is 0 Å². The molecule has 0 bridgehead atoms. The van der Waals surface area contributed by atoms with Gasteiger partial charge in [-0.05, 0) is 56.7 Å². The van der Waals surface area contributed by atoms with E-state index in [1.54, 1.807) is 0 Å². The van der Waals surface area contributed by atoms with Gasteiger partial charge in [0.1, 0.15) is 0 Å². The molecule has 6 heteroatoms. The molecule has 2 fully saturated rings. The first kappa shape index (κ1) is 19.8. The summed E-state index contributed by atoms with van der Waals surface area (Å²) in [6.45, 7) is 10.3. The number of rotatable bonds is 7. The van der Waals surface area contributed by atoms with E-state index in [-0.39, 0.29) is 11.8 Å². The second kappa shape index (κ2) is 8.85. The number of carbonyl (C=O) groups excluding carboxylic acids is 2. The molecule has 0 unspecified atom stereocenters. The number of aryl methyl sites for hydroxylation is 1. The van der Waals surface area contributed by atoms with Gasteiger partial charge in [0.2, 0.25) is 11.8 Å². The highest BCUT2D eigenvalue weighted by atomic mass is 16.2. The monoisotopic (exact) mass is 372 g/mol. The highest BCUT2D eigenvalue weighted by Gasteiger charge is 2.29. The van der Waals surface area contributed by atoms with Gasteiger partial charge in [-0.1, -0.05) is 12.1 Å². The van der Waals surface area contributed by atoms with Crippen LogP contribution in [-0.2, 0) is 9.59 Å². The van der Waals surface area contributed by atoms with Crippen LogP contribution in [0.3, 0.4) is 0 Å². The molecule has 1 saturated carbocycles. The third-order valence-corrected chi connectivity index (χ3v) is 5.80. The summed E-state index contributed by atoms with van der Waals surface area (Å²) in [6.07, 6.45) is 2.48. The number of piperazine rings is 1. The van der Waals surface area contributed by atoms with E-state index >= 15 is 0 Å². The first-order valence-electron chi connectivity index (χ1n) is 10.0. The second-order valence-corrected chi connectivity index (χ2v) is 8.04. The lowest BCUT2D eigenvalue weighted by atomic mass is 10.1. The van der Waals surface area contributed by atoms with Crippen LogP contribution in [-0.4, -0.2) is 66.9 Å². The third-order valence-electron chi connectivity index (χ3n) is 5.80. The average molecular weight is 373 g/mol. The lowest BCUT2D eigenvalue weighted by molar-refractivity contribution is -0.124. The summed E-state index contributed by atoms with van der Waals surface area (Å²) in [7, 11) is 0. The predicted molar refractivity (Wildman–Crippen MR) is 108 cm³/mol. The summed E-state index contributed by atoms with van der Waals surface area (Å²) in [5.41, 5.74) is 3.18. The lowest BCUT2D eigenvalue weighted by Crippen LogP contribution is -2.51. The summed E-state index contributed by atoms with van der Waals surface area (Å²) < 4.78 is 0. The standard InChI is InChI=1S/C21H32N4O2/c1-15-5-4-6-19(16(15)2)23-21(27)14-25-11-9-24(10-12-25)13-20(26)22-17(3)18-7-8-18/h4-6,17-18H,7-14H2,1-3H3,(H,22,26)(H,23,27)/t17-/m1/s1. The average Bonchev–Trinajstić information content (AvgIpc) is 3.46. The quantitative estimate of drug-likeness (QED) is 0.766. The normalized spacial score (nSPS) is 19.5. The summed E-state index contributed by atoms with van der Waals surface area (Å²) >= 11 is 0. The van der Waals surface area contributed by atoms with Gasteiger partial charge in [-0.3, -0.25) is 19.4 Å². The minimum atomic E-state index is 0.0214. The molecule has 0 radical (unpaired) electrons. The van der Waals surface area contributed by atoms with Crippen molar-refractivity contribution in [2.45, 2.75) is 39.7 Å². The predicted octanol–water partition coefficient (Wildman–Crippen LogP) is 1.77. The highest BCUT2D eigenvalue weighted by Crippen LogP contribution is 2.32. The molecule has 1 atom stereocenters. The number of amides is 2. The van der Waals surface area contributed by atoms with Crippen molar-refractivity contribution < 1.29 is 9.59 Å². The van der Waals surface area contributed by atoms with E-state index < -0.39 is 0 Å². The summed E-state index contributed by atoms with van der Waals surface area (Å²) in [6, 6.07) is 6.25. The molecule has 1 aromatic carbocycles. The minimum absolute atomic E-state index is 0.0214. The van der Waals surface area contributed by atoms with Crippen molar-refractivity contribution >= 4 is 17.5 Å². The molecule has 1 aliphatic carbocycles. The molecule has 148 valence electrons. The van der Waals surface area contributed by atoms with Crippen LogP contribution in [0.2, 0.25) is 0 Å². The van der Waals surface area contributed by atoms with Gasteiger partial charge >= 0.3 is 0 Å². The third kappa shape index (κ3) is 5.78. The zero-order valence-corrected chi connectivity index (χ0v) is 16.8. The van der Waals surface area contributed by atoms with E-state index in [2.05, 4.69) is 27.4 Å².